The molecule has 0 aromatic heterocycles. The maximum atomic E-state index is 6.34. The minimum Gasteiger partial charge on any atom is -0.326 e. The minimum atomic E-state index is 0.445. The fraction of sp³-hybridized carbons (Fsp3) is 1.00. The van der Waals surface area contributed by atoms with E-state index in [9.17, 15) is 0 Å². The number of likely N-dealkylation sites (tertiary alicyclic amines) is 1. The average Bonchev–Trinajstić information content (AvgIpc) is 2.58. The van der Waals surface area contributed by atoms with Crippen LogP contribution in [0.2, 0.25) is 0 Å². The molecule has 1 saturated heterocycles. The molecule has 3 unspecified atom stereocenters. The number of nitrogens with zero attached hydrogens (tertiary/aromatic N) is 1. The van der Waals surface area contributed by atoms with Crippen LogP contribution in [0.25, 0.3) is 0 Å². The van der Waals surface area contributed by atoms with E-state index in [-0.39, 0.29) is 0 Å². The van der Waals surface area contributed by atoms with Crippen LogP contribution in [0.15, 0.2) is 0 Å². The molecule has 1 saturated carbocycles. The Morgan fingerprint density at radius 1 is 1.06 bits per heavy atom. The molecule has 94 valence electrons. The van der Waals surface area contributed by atoms with E-state index in [1.807, 2.05) is 0 Å². The Labute approximate surface area is 101 Å². The lowest BCUT2D eigenvalue weighted by atomic mass is 9.80. The predicted octanol–water partition coefficient (Wildman–Crippen LogP) is 2.77. The molecule has 2 aliphatic rings. The summed E-state index contributed by atoms with van der Waals surface area (Å²) in [6, 6.07) is 1.14. The summed E-state index contributed by atoms with van der Waals surface area (Å²) in [6.07, 6.45) is 10.9. The van der Waals surface area contributed by atoms with Crippen LogP contribution in [0.4, 0.5) is 0 Å². The molecule has 1 aliphatic carbocycles. The first-order valence-electron chi connectivity index (χ1n) is 7.31. The summed E-state index contributed by atoms with van der Waals surface area (Å²) in [5.74, 6) is 0.938. The SMILES string of the molecule is CCC1CCC(N)C(N2CCCCCC2)C1. The quantitative estimate of drug-likeness (QED) is 0.781. The molecular weight excluding hydrogens is 196 g/mol. The molecular formula is C14H28N2. The van der Waals surface area contributed by atoms with Gasteiger partial charge in [0, 0.05) is 12.1 Å². The van der Waals surface area contributed by atoms with Crippen molar-refractivity contribution < 1.29 is 0 Å². The minimum absolute atomic E-state index is 0.445. The third kappa shape index (κ3) is 2.98. The first-order chi connectivity index (χ1) is 7.81. The van der Waals surface area contributed by atoms with Crippen LogP contribution >= 0.6 is 0 Å². The van der Waals surface area contributed by atoms with E-state index in [1.165, 1.54) is 64.5 Å². The van der Waals surface area contributed by atoms with E-state index in [0.717, 1.165) is 5.92 Å². The van der Waals surface area contributed by atoms with Crippen LogP contribution < -0.4 is 5.73 Å². The third-order valence-corrected chi connectivity index (χ3v) is 4.66. The van der Waals surface area contributed by atoms with Gasteiger partial charge in [0.15, 0.2) is 0 Å². The van der Waals surface area contributed by atoms with E-state index in [0.29, 0.717) is 12.1 Å². The largest absolute Gasteiger partial charge is 0.326 e. The number of hydrogen-bond acceptors (Lipinski definition) is 2. The Balaban J connectivity index is 1.93. The third-order valence-electron chi connectivity index (χ3n) is 4.66. The highest BCUT2D eigenvalue weighted by atomic mass is 15.2. The van der Waals surface area contributed by atoms with Crippen molar-refractivity contribution in [2.75, 3.05) is 13.1 Å². The molecule has 2 heteroatoms. The van der Waals surface area contributed by atoms with Crippen molar-refractivity contribution in [2.24, 2.45) is 11.7 Å². The average molecular weight is 224 g/mol. The van der Waals surface area contributed by atoms with Crippen molar-refractivity contribution >= 4 is 0 Å². The summed E-state index contributed by atoms with van der Waals surface area (Å²) < 4.78 is 0. The van der Waals surface area contributed by atoms with Gasteiger partial charge in [0.1, 0.15) is 0 Å². The van der Waals surface area contributed by atoms with Gasteiger partial charge < -0.3 is 5.73 Å². The zero-order valence-electron chi connectivity index (χ0n) is 10.8. The molecule has 2 fully saturated rings. The van der Waals surface area contributed by atoms with E-state index >= 15 is 0 Å². The molecule has 0 spiro atoms. The Kier molecular flexibility index (Phi) is 4.66. The standard InChI is InChI=1S/C14H28N2/c1-2-12-7-8-13(15)14(11-12)16-9-5-3-4-6-10-16/h12-14H,2-11,15H2,1H3. The monoisotopic (exact) mass is 224 g/mol. The van der Waals surface area contributed by atoms with Crippen LogP contribution in [0.1, 0.15) is 58.3 Å². The van der Waals surface area contributed by atoms with Crippen molar-refractivity contribution in [2.45, 2.75) is 70.4 Å². The van der Waals surface area contributed by atoms with E-state index in [4.69, 9.17) is 5.73 Å². The van der Waals surface area contributed by atoms with Gasteiger partial charge in [-0.05, 0) is 51.1 Å². The van der Waals surface area contributed by atoms with Crippen LogP contribution in [-0.4, -0.2) is 30.1 Å². The Morgan fingerprint density at radius 2 is 1.75 bits per heavy atom. The first-order valence-corrected chi connectivity index (χ1v) is 7.31. The van der Waals surface area contributed by atoms with Gasteiger partial charge in [0.25, 0.3) is 0 Å². The first kappa shape index (κ1) is 12.4. The lowest BCUT2D eigenvalue weighted by Crippen LogP contribution is -2.51. The summed E-state index contributed by atoms with van der Waals surface area (Å²) in [7, 11) is 0. The van der Waals surface area contributed by atoms with E-state index in [2.05, 4.69) is 11.8 Å². The number of rotatable bonds is 2. The van der Waals surface area contributed by atoms with Gasteiger partial charge in [-0.1, -0.05) is 26.2 Å². The van der Waals surface area contributed by atoms with E-state index in [1.54, 1.807) is 0 Å². The summed E-state index contributed by atoms with van der Waals surface area (Å²) in [5, 5.41) is 0. The maximum absolute atomic E-state index is 6.34. The summed E-state index contributed by atoms with van der Waals surface area (Å²) >= 11 is 0. The Hall–Kier alpha value is -0.0800. The molecule has 0 radical (unpaired) electrons. The van der Waals surface area contributed by atoms with Crippen molar-refractivity contribution in [1.82, 2.24) is 4.90 Å². The second kappa shape index (κ2) is 6.02. The number of hydrogen-bond donors (Lipinski definition) is 1. The molecule has 2 rings (SSSR count). The molecule has 0 aromatic carbocycles. The fourth-order valence-electron chi connectivity index (χ4n) is 3.47. The van der Waals surface area contributed by atoms with Crippen LogP contribution in [-0.2, 0) is 0 Å². The molecule has 2 N–H and O–H groups in total. The van der Waals surface area contributed by atoms with Crippen LogP contribution in [0.5, 0.6) is 0 Å². The highest BCUT2D eigenvalue weighted by Crippen LogP contribution is 2.30. The molecule has 0 aromatic rings. The molecule has 1 aliphatic heterocycles. The smallest absolute Gasteiger partial charge is 0.0249 e. The van der Waals surface area contributed by atoms with Gasteiger partial charge in [0.05, 0.1) is 0 Å². The van der Waals surface area contributed by atoms with Crippen molar-refractivity contribution in [3.05, 3.63) is 0 Å². The molecule has 0 bridgehead atoms. The zero-order valence-corrected chi connectivity index (χ0v) is 10.8. The van der Waals surface area contributed by atoms with Gasteiger partial charge in [0.2, 0.25) is 0 Å². The summed E-state index contributed by atoms with van der Waals surface area (Å²) in [5.41, 5.74) is 6.34. The Morgan fingerprint density at radius 3 is 2.38 bits per heavy atom. The van der Waals surface area contributed by atoms with Crippen LogP contribution in [0, 0.1) is 5.92 Å². The van der Waals surface area contributed by atoms with Gasteiger partial charge >= 0.3 is 0 Å². The molecule has 3 atom stereocenters. The predicted molar refractivity (Wildman–Crippen MR) is 69.4 cm³/mol. The fourth-order valence-corrected chi connectivity index (χ4v) is 3.47. The van der Waals surface area contributed by atoms with Crippen molar-refractivity contribution in [1.29, 1.82) is 0 Å². The lowest BCUT2D eigenvalue weighted by molar-refractivity contribution is 0.113. The molecule has 2 nitrogen and oxygen atoms in total. The second-order valence-electron chi connectivity index (χ2n) is 5.77. The van der Waals surface area contributed by atoms with Gasteiger partial charge in [-0.25, -0.2) is 0 Å². The van der Waals surface area contributed by atoms with Crippen LogP contribution in [0.3, 0.4) is 0 Å². The van der Waals surface area contributed by atoms with Gasteiger partial charge in [-0.3, -0.25) is 4.90 Å². The highest BCUT2D eigenvalue weighted by Gasteiger charge is 2.31. The van der Waals surface area contributed by atoms with Gasteiger partial charge in [-0.15, -0.1) is 0 Å². The van der Waals surface area contributed by atoms with E-state index < -0.39 is 0 Å². The van der Waals surface area contributed by atoms with Gasteiger partial charge in [-0.2, -0.15) is 0 Å². The second-order valence-corrected chi connectivity index (χ2v) is 5.77. The summed E-state index contributed by atoms with van der Waals surface area (Å²) in [6.45, 7) is 4.94. The highest BCUT2D eigenvalue weighted by molar-refractivity contribution is 4.89. The normalized spacial score (nSPS) is 38.2. The topological polar surface area (TPSA) is 29.3 Å². The molecule has 1 heterocycles. The zero-order chi connectivity index (χ0) is 11.4. The summed E-state index contributed by atoms with van der Waals surface area (Å²) in [4.78, 5) is 2.71. The maximum Gasteiger partial charge on any atom is 0.0249 e. The molecule has 0 amide bonds. The van der Waals surface area contributed by atoms with Crippen molar-refractivity contribution in [3.63, 3.8) is 0 Å². The Bertz CT molecular complexity index is 197. The number of nitrogens with two attached hydrogens (primary N) is 1. The van der Waals surface area contributed by atoms with Crippen molar-refractivity contribution in [3.8, 4) is 0 Å². The lowest BCUT2D eigenvalue weighted by Gasteiger charge is -2.41. The molecule has 16 heavy (non-hydrogen) atoms.